The monoisotopic (exact) mass is 440 g/mol. The summed E-state index contributed by atoms with van der Waals surface area (Å²) in [7, 11) is 1.85. The second kappa shape index (κ2) is 11.1. The first-order valence-corrected chi connectivity index (χ1v) is 11.4. The number of anilines is 2. The Hall–Kier alpha value is -2.94. The molecule has 0 amide bonds. The lowest BCUT2D eigenvalue weighted by Gasteiger charge is -2.38. The Bertz CT molecular complexity index is 844. The standard InChI is InChI=1S/C23H33FN8/c1-25-22(31-18-16-30(17-19-31)21-6-4-20(24)5-7-21)26-10-3-11-29-12-14-32(15-13-29)23-27-8-2-9-28-23/h2,4-9H,3,10-19H2,1H3,(H,25,26). The third-order valence-corrected chi connectivity index (χ3v) is 6.12. The van der Waals surface area contributed by atoms with Crippen molar-refractivity contribution >= 4 is 17.6 Å². The molecular formula is C23H33FN8. The maximum absolute atomic E-state index is 13.2. The van der Waals surface area contributed by atoms with Gasteiger partial charge in [-0.2, -0.15) is 0 Å². The van der Waals surface area contributed by atoms with Crippen LogP contribution in [0.1, 0.15) is 6.42 Å². The molecule has 2 aliphatic heterocycles. The number of nitrogens with zero attached hydrogens (tertiary/aromatic N) is 7. The van der Waals surface area contributed by atoms with Crippen molar-refractivity contribution in [2.24, 2.45) is 4.99 Å². The van der Waals surface area contributed by atoms with Gasteiger partial charge in [0.2, 0.25) is 5.95 Å². The summed E-state index contributed by atoms with van der Waals surface area (Å²) in [5.41, 5.74) is 1.08. The zero-order chi connectivity index (χ0) is 22.2. The molecule has 2 aliphatic rings. The Balaban J connectivity index is 1.13. The van der Waals surface area contributed by atoms with Crippen molar-refractivity contribution in [3.8, 4) is 0 Å². The van der Waals surface area contributed by atoms with Crippen LogP contribution in [0.3, 0.4) is 0 Å². The molecule has 8 nitrogen and oxygen atoms in total. The van der Waals surface area contributed by atoms with E-state index < -0.39 is 0 Å². The zero-order valence-electron chi connectivity index (χ0n) is 18.8. The number of rotatable bonds is 6. The molecule has 1 N–H and O–H groups in total. The molecule has 4 rings (SSSR count). The summed E-state index contributed by atoms with van der Waals surface area (Å²) in [4.78, 5) is 22.5. The molecule has 9 heteroatoms. The van der Waals surface area contributed by atoms with Gasteiger partial charge in [0.25, 0.3) is 0 Å². The van der Waals surface area contributed by atoms with Crippen molar-refractivity contribution in [3.05, 3.63) is 48.5 Å². The number of benzene rings is 1. The highest BCUT2D eigenvalue weighted by Gasteiger charge is 2.21. The summed E-state index contributed by atoms with van der Waals surface area (Å²) < 4.78 is 13.2. The van der Waals surface area contributed by atoms with E-state index in [1.165, 1.54) is 12.1 Å². The molecule has 172 valence electrons. The van der Waals surface area contributed by atoms with Crippen LogP contribution in [0.4, 0.5) is 16.0 Å². The van der Waals surface area contributed by atoms with Crippen LogP contribution in [0.25, 0.3) is 0 Å². The summed E-state index contributed by atoms with van der Waals surface area (Å²) in [6.07, 6.45) is 4.68. The van der Waals surface area contributed by atoms with Crippen molar-refractivity contribution in [2.75, 3.05) is 82.3 Å². The second-order valence-electron chi connectivity index (χ2n) is 8.16. The van der Waals surface area contributed by atoms with Gasteiger partial charge in [0.05, 0.1) is 0 Å². The fraction of sp³-hybridized carbons (Fsp3) is 0.522. The van der Waals surface area contributed by atoms with Gasteiger partial charge < -0.3 is 20.0 Å². The number of aromatic nitrogens is 2. The van der Waals surface area contributed by atoms with Crippen molar-refractivity contribution in [3.63, 3.8) is 0 Å². The van der Waals surface area contributed by atoms with Gasteiger partial charge in [0.1, 0.15) is 5.82 Å². The smallest absolute Gasteiger partial charge is 0.225 e. The van der Waals surface area contributed by atoms with Crippen LogP contribution in [0.2, 0.25) is 0 Å². The molecule has 1 aromatic carbocycles. The molecule has 0 aliphatic carbocycles. The minimum absolute atomic E-state index is 0.191. The lowest BCUT2D eigenvalue weighted by atomic mass is 10.2. The Labute approximate surface area is 189 Å². The third kappa shape index (κ3) is 5.85. The molecule has 0 bridgehead atoms. The first kappa shape index (κ1) is 22.3. The van der Waals surface area contributed by atoms with Gasteiger partial charge in [0.15, 0.2) is 5.96 Å². The molecule has 0 spiro atoms. The Morgan fingerprint density at radius 1 is 0.938 bits per heavy atom. The summed E-state index contributed by atoms with van der Waals surface area (Å²) in [6, 6.07) is 8.61. The van der Waals surface area contributed by atoms with E-state index in [-0.39, 0.29) is 5.82 Å². The number of aliphatic imine (C=N–C) groups is 1. The highest BCUT2D eigenvalue weighted by Crippen LogP contribution is 2.17. The van der Waals surface area contributed by atoms with E-state index >= 15 is 0 Å². The van der Waals surface area contributed by atoms with E-state index in [0.717, 1.165) is 89.5 Å². The molecule has 2 fully saturated rings. The van der Waals surface area contributed by atoms with E-state index in [4.69, 9.17) is 0 Å². The number of guanidine groups is 1. The van der Waals surface area contributed by atoms with E-state index in [2.05, 4.69) is 39.9 Å². The van der Waals surface area contributed by atoms with Crippen molar-refractivity contribution in [2.45, 2.75) is 6.42 Å². The number of hydrogen-bond acceptors (Lipinski definition) is 6. The van der Waals surface area contributed by atoms with Crippen LogP contribution < -0.4 is 15.1 Å². The highest BCUT2D eigenvalue weighted by molar-refractivity contribution is 5.80. The zero-order valence-corrected chi connectivity index (χ0v) is 18.8. The van der Waals surface area contributed by atoms with E-state index in [1.807, 2.05) is 25.2 Å². The Morgan fingerprint density at radius 2 is 1.59 bits per heavy atom. The summed E-state index contributed by atoms with van der Waals surface area (Å²) in [5.74, 6) is 1.61. The average molecular weight is 441 g/mol. The van der Waals surface area contributed by atoms with Crippen LogP contribution in [0.5, 0.6) is 0 Å². The van der Waals surface area contributed by atoms with Gasteiger partial charge in [-0.15, -0.1) is 0 Å². The molecular weight excluding hydrogens is 407 g/mol. The van der Waals surface area contributed by atoms with Gasteiger partial charge in [-0.25, -0.2) is 14.4 Å². The normalized spacial score (nSPS) is 18.2. The van der Waals surface area contributed by atoms with E-state index in [0.29, 0.717) is 0 Å². The van der Waals surface area contributed by atoms with Crippen LogP contribution in [-0.4, -0.2) is 98.2 Å². The molecule has 32 heavy (non-hydrogen) atoms. The average Bonchev–Trinajstić information content (AvgIpc) is 2.86. The summed E-state index contributed by atoms with van der Waals surface area (Å²) >= 11 is 0. The topological polar surface area (TPSA) is 63.1 Å². The predicted molar refractivity (Wildman–Crippen MR) is 127 cm³/mol. The lowest BCUT2D eigenvalue weighted by Crippen LogP contribution is -2.53. The third-order valence-electron chi connectivity index (χ3n) is 6.12. The van der Waals surface area contributed by atoms with Gasteiger partial charge >= 0.3 is 0 Å². The SMILES string of the molecule is CN=C(NCCCN1CCN(c2ncccn2)CC1)N1CCN(c2ccc(F)cc2)CC1. The molecule has 0 atom stereocenters. The summed E-state index contributed by atoms with van der Waals surface area (Å²) in [6.45, 7) is 9.62. The van der Waals surface area contributed by atoms with Crippen molar-refractivity contribution in [1.82, 2.24) is 25.1 Å². The fourth-order valence-corrected chi connectivity index (χ4v) is 4.29. The molecule has 2 saturated heterocycles. The van der Waals surface area contributed by atoms with Crippen LogP contribution in [0, 0.1) is 5.82 Å². The molecule has 0 saturated carbocycles. The van der Waals surface area contributed by atoms with Crippen LogP contribution in [0.15, 0.2) is 47.7 Å². The number of nitrogens with one attached hydrogen (secondary N) is 1. The predicted octanol–water partition coefficient (Wildman–Crippen LogP) is 1.53. The molecule has 1 aromatic heterocycles. The number of hydrogen-bond donors (Lipinski definition) is 1. The van der Waals surface area contributed by atoms with Crippen molar-refractivity contribution < 1.29 is 4.39 Å². The van der Waals surface area contributed by atoms with Gasteiger partial charge in [-0.05, 0) is 43.3 Å². The van der Waals surface area contributed by atoms with Crippen LogP contribution in [-0.2, 0) is 0 Å². The largest absolute Gasteiger partial charge is 0.368 e. The maximum Gasteiger partial charge on any atom is 0.225 e. The van der Waals surface area contributed by atoms with Gasteiger partial charge in [-0.3, -0.25) is 9.89 Å². The van der Waals surface area contributed by atoms with E-state index in [1.54, 1.807) is 12.4 Å². The minimum Gasteiger partial charge on any atom is -0.368 e. The molecule has 2 aromatic rings. The molecule has 0 unspecified atom stereocenters. The van der Waals surface area contributed by atoms with E-state index in [9.17, 15) is 4.39 Å². The van der Waals surface area contributed by atoms with Gasteiger partial charge in [0, 0.05) is 84.0 Å². The molecule has 3 heterocycles. The number of halogens is 1. The Kier molecular flexibility index (Phi) is 7.71. The lowest BCUT2D eigenvalue weighted by molar-refractivity contribution is 0.253. The van der Waals surface area contributed by atoms with Crippen LogP contribution >= 0.6 is 0 Å². The van der Waals surface area contributed by atoms with Crippen molar-refractivity contribution in [1.29, 1.82) is 0 Å². The second-order valence-corrected chi connectivity index (χ2v) is 8.16. The fourth-order valence-electron chi connectivity index (χ4n) is 4.29. The quantitative estimate of drug-likeness (QED) is 0.415. The first-order chi connectivity index (χ1) is 15.7. The molecule has 0 radical (unpaired) electrons. The first-order valence-electron chi connectivity index (χ1n) is 11.4. The maximum atomic E-state index is 13.2. The highest BCUT2D eigenvalue weighted by atomic mass is 19.1. The van der Waals surface area contributed by atoms with Gasteiger partial charge in [-0.1, -0.05) is 0 Å². The Morgan fingerprint density at radius 3 is 2.25 bits per heavy atom. The summed E-state index contributed by atoms with van der Waals surface area (Å²) in [5, 5.41) is 3.53. The number of piperazine rings is 2. The minimum atomic E-state index is -0.191.